The van der Waals surface area contributed by atoms with E-state index in [4.69, 9.17) is 9.72 Å². The summed E-state index contributed by atoms with van der Waals surface area (Å²) in [4.78, 5) is 8.44. The summed E-state index contributed by atoms with van der Waals surface area (Å²) in [5, 5.41) is 4.48. The zero-order valence-corrected chi connectivity index (χ0v) is 29.2. The molecule has 3 unspecified atom stereocenters. The molecule has 1 aliphatic heterocycles. The summed E-state index contributed by atoms with van der Waals surface area (Å²) < 4.78 is 22.2. The van der Waals surface area contributed by atoms with Crippen LogP contribution in [-0.2, 0) is 22.1 Å². The van der Waals surface area contributed by atoms with Crippen LogP contribution in [0.2, 0.25) is 0 Å². The molecule has 2 heterocycles. The molecule has 240 valence electrons. The first-order valence-corrected chi connectivity index (χ1v) is 17.7. The number of terminal acetylenes is 2. The number of ether oxygens (including phenoxy) is 1. The molecule has 1 aromatic heterocycles. The second-order valence-electron chi connectivity index (χ2n) is 11.2. The van der Waals surface area contributed by atoms with Crippen molar-refractivity contribution in [3.8, 4) is 35.6 Å². The van der Waals surface area contributed by atoms with Crippen LogP contribution in [0.1, 0.15) is 83.0 Å². The molecule has 0 saturated carbocycles. The van der Waals surface area contributed by atoms with Crippen molar-refractivity contribution in [2.45, 2.75) is 85.5 Å². The van der Waals surface area contributed by atoms with Gasteiger partial charge in [0.15, 0.2) is 0 Å². The number of hydrogen-bond donors (Lipinski definition) is 2. The lowest BCUT2D eigenvalue weighted by molar-refractivity contribution is 0.0395. The summed E-state index contributed by atoms with van der Waals surface area (Å²) in [5.41, 5.74) is 6.52. The first kappa shape index (κ1) is 37.6. The second kappa shape index (κ2) is 20.5. The van der Waals surface area contributed by atoms with Crippen molar-refractivity contribution in [3.05, 3.63) is 58.3 Å². The van der Waals surface area contributed by atoms with Gasteiger partial charge in [0.05, 0.1) is 33.8 Å². The highest BCUT2D eigenvalue weighted by molar-refractivity contribution is 7.83. The van der Waals surface area contributed by atoms with Crippen molar-refractivity contribution in [1.29, 1.82) is 0 Å². The van der Waals surface area contributed by atoms with Crippen LogP contribution in [0, 0.1) is 25.2 Å². The lowest BCUT2D eigenvalue weighted by Crippen LogP contribution is -2.45. The van der Waals surface area contributed by atoms with Gasteiger partial charge in [0, 0.05) is 45.0 Å². The Morgan fingerprint density at radius 1 is 1.30 bits per heavy atom. The highest BCUT2D eigenvalue weighted by Gasteiger charge is 2.27. The maximum Gasteiger partial charge on any atom is 0.119 e. The van der Waals surface area contributed by atoms with Crippen LogP contribution >= 0.6 is 11.3 Å². The Kier molecular flexibility index (Phi) is 17.5. The van der Waals surface area contributed by atoms with Crippen LogP contribution in [0.15, 0.2) is 42.1 Å². The SMILES string of the molecule is C#C.C#CC.C/C=C(\CC/C=C(/C)C(C)OC(C)C)c1ncc(-c2cccc3c2CCC3NS(=O)CCN2CCNCC2)s1. The fourth-order valence-corrected chi connectivity index (χ4v) is 7.61. The first-order chi connectivity index (χ1) is 21.3. The third-order valence-electron chi connectivity index (χ3n) is 7.74. The molecule has 44 heavy (non-hydrogen) atoms. The van der Waals surface area contributed by atoms with Crippen molar-refractivity contribution in [2.75, 3.05) is 38.5 Å². The van der Waals surface area contributed by atoms with Gasteiger partial charge in [-0.05, 0) is 95.1 Å². The largest absolute Gasteiger partial charge is 0.372 e. The van der Waals surface area contributed by atoms with Gasteiger partial charge in [0.1, 0.15) is 5.01 Å². The Morgan fingerprint density at radius 3 is 2.66 bits per heavy atom. The Hall–Kier alpha value is -2.56. The number of thiazole rings is 1. The molecule has 1 saturated heterocycles. The van der Waals surface area contributed by atoms with Gasteiger partial charge in [-0.25, -0.2) is 13.9 Å². The summed E-state index contributed by atoms with van der Waals surface area (Å²) in [6.45, 7) is 17.2. The predicted molar refractivity (Wildman–Crippen MR) is 191 cm³/mol. The van der Waals surface area contributed by atoms with Crippen LogP contribution in [0.5, 0.6) is 0 Å². The molecule has 1 aromatic carbocycles. The molecule has 2 aromatic rings. The molecule has 4 rings (SSSR count). The molecule has 0 radical (unpaired) electrons. The predicted octanol–water partition coefficient (Wildman–Crippen LogP) is 6.79. The molecule has 0 spiro atoms. The number of hydrogen-bond acceptors (Lipinski definition) is 6. The van der Waals surface area contributed by atoms with Crippen molar-refractivity contribution >= 4 is 27.9 Å². The smallest absolute Gasteiger partial charge is 0.119 e. The quantitative estimate of drug-likeness (QED) is 0.187. The maximum atomic E-state index is 12.9. The van der Waals surface area contributed by atoms with E-state index in [1.54, 1.807) is 18.3 Å². The van der Waals surface area contributed by atoms with Crippen molar-refractivity contribution in [1.82, 2.24) is 19.9 Å². The van der Waals surface area contributed by atoms with Gasteiger partial charge in [-0.3, -0.25) is 4.90 Å². The number of aromatic nitrogens is 1. The molecule has 1 aliphatic carbocycles. The minimum absolute atomic E-state index is 0.147. The van der Waals surface area contributed by atoms with Gasteiger partial charge in [-0.1, -0.05) is 30.4 Å². The third-order valence-corrected chi connectivity index (χ3v) is 9.95. The van der Waals surface area contributed by atoms with Crippen molar-refractivity contribution in [3.63, 3.8) is 0 Å². The Balaban J connectivity index is 0.00000127. The van der Waals surface area contributed by atoms with E-state index in [9.17, 15) is 4.21 Å². The lowest BCUT2D eigenvalue weighted by Gasteiger charge is -2.27. The molecule has 0 amide bonds. The molecule has 1 fully saturated rings. The van der Waals surface area contributed by atoms with E-state index >= 15 is 0 Å². The number of piperazine rings is 1. The average molecular weight is 637 g/mol. The summed E-state index contributed by atoms with van der Waals surface area (Å²) in [5.74, 6) is 2.92. The zero-order valence-electron chi connectivity index (χ0n) is 27.5. The number of nitrogens with one attached hydrogen (secondary N) is 2. The summed E-state index contributed by atoms with van der Waals surface area (Å²) in [6.07, 6.45) is 23.4. The molecule has 2 N–H and O–H groups in total. The first-order valence-electron chi connectivity index (χ1n) is 15.6. The summed E-state index contributed by atoms with van der Waals surface area (Å²) >= 11 is 1.78. The van der Waals surface area contributed by atoms with Crippen LogP contribution in [0.3, 0.4) is 0 Å². The van der Waals surface area contributed by atoms with E-state index in [-0.39, 0.29) is 18.2 Å². The van der Waals surface area contributed by atoms with E-state index in [1.807, 2.05) is 6.20 Å². The van der Waals surface area contributed by atoms with Crippen LogP contribution in [-0.4, -0.2) is 64.8 Å². The van der Waals surface area contributed by atoms with Crippen LogP contribution < -0.4 is 10.0 Å². The number of fused-ring (bicyclic) bond motifs is 1. The van der Waals surface area contributed by atoms with Crippen molar-refractivity contribution < 1.29 is 8.95 Å². The molecule has 2 aliphatic rings. The third kappa shape index (κ3) is 11.7. The number of rotatable bonds is 13. The highest BCUT2D eigenvalue weighted by Crippen LogP contribution is 2.40. The molecule has 6 nitrogen and oxygen atoms in total. The molecule has 8 heteroatoms. The fraction of sp³-hybridized carbons (Fsp3) is 0.528. The van der Waals surface area contributed by atoms with E-state index < -0.39 is 11.0 Å². The van der Waals surface area contributed by atoms with E-state index in [2.05, 4.69) is 105 Å². The number of benzene rings is 1. The zero-order chi connectivity index (χ0) is 32.5. The summed E-state index contributed by atoms with van der Waals surface area (Å²) in [7, 11) is -1.03. The molecular formula is C36H52N4O2S2. The van der Waals surface area contributed by atoms with Gasteiger partial charge in [0.2, 0.25) is 0 Å². The normalized spacial score (nSPS) is 18.3. The Labute approximate surface area is 273 Å². The van der Waals surface area contributed by atoms with Gasteiger partial charge in [-0.15, -0.1) is 36.5 Å². The monoisotopic (exact) mass is 636 g/mol. The second-order valence-corrected chi connectivity index (χ2v) is 13.5. The fourth-order valence-electron chi connectivity index (χ4n) is 5.43. The van der Waals surface area contributed by atoms with Gasteiger partial charge in [0.25, 0.3) is 0 Å². The molecular weight excluding hydrogens is 585 g/mol. The van der Waals surface area contributed by atoms with Crippen molar-refractivity contribution in [2.24, 2.45) is 0 Å². The van der Waals surface area contributed by atoms with Gasteiger partial charge < -0.3 is 10.1 Å². The maximum absolute atomic E-state index is 12.9. The van der Waals surface area contributed by atoms with E-state index in [1.165, 1.54) is 32.7 Å². The number of nitrogens with zero attached hydrogens (tertiary/aromatic N) is 2. The Bertz CT molecular complexity index is 1300. The van der Waals surface area contributed by atoms with E-state index in [0.29, 0.717) is 5.75 Å². The minimum atomic E-state index is -1.03. The minimum Gasteiger partial charge on any atom is -0.372 e. The topological polar surface area (TPSA) is 66.5 Å². The van der Waals surface area contributed by atoms with Gasteiger partial charge in [-0.2, -0.15) is 0 Å². The molecule has 3 atom stereocenters. The highest BCUT2D eigenvalue weighted by atomic mass is 32.2. The van der Waals surface area contributed by atoms with E-state index in [0.717, 1.165) is 63.4 Å². The Morgan fingerprint density at radius 2 is 2.00 bits per heavy atom. The van der Waals surface area contributed by atoms with Crippen LogP contribution in [0.25, 0.3) is 16.0 Å². The lowest BCUT2D eigenvalue weighted by atomic mass is 10.0. The van der Waals surface area contributed by atoms with Crippen LogP contribution in [0.4, 0.5) is 0 Å². The standard InChI is InChI=1S/C31H46N4O2S2.C3H4.C2H2/c1-6-25(10-7-9-23(4)24(5)37-22(2)3)31-33-21-30(38-31)28-12-8-11-27-26(28)13-14-29(27)34-39(36)20-19-35-17-15-32-16-18-35;1-3-2;1-2/h6,8-9,11-12,21-22,24,29,32,34H,7,10,13-20H2,1-5H3;1H,2H3;1-2H/b23-9-,25-6+;;. The summed E-state index contributed by atoms with van der Waals surface area (Å²) in [6, 6.07) is 6.72. The number of allylic oxidation sites excluding steroid dienone is 3. The molecule has 0 bridgehead atoms. The average Bonchev–Trinajstić information content (AvgIpc) is 3.68. The van der Waals surface area contributed by atoms with Gasteiger partial charge >= 0.3 is 0 Å².